The molecule has 3 aromatic heterocycles. The van der Waals surface area contributed by atoms with Crippen molar-refractivity contribution in [2.24, 2.45) is 0 Å². The van der Waals surface area contributed by atoms with E-state index in [2.05, 4.69) is 20.3 Å². The molecule has 0 bridgehead atoms. The molecule has 4 heterocycles. The summed E-state index contributed by atoms with van der Waals surface area (Å²) in [4.78, 5) is 38.2. The number of aromatic nitrogens is 3. The van der Waals surface area contributed by atoms with Gasteiger partial charge in [0.15, 0.2) is 5.01 Å². The molecule has 8 nitrogen and oxygen atoms in total. The fourth-order valence-electron chi connectivity index (χ4n) is 3.69. The number of nitrogens with one attached hydrogen (secondary N) is 1. The van der Waals surface area contributed by atoms with E-state index in [4.69, 9.17) is 9.47 Å². The average molecular weight is 469 g/mol. The fourth-order valence-corrected chi connectivity index (χ4v) is 5.34. The second kappa shape index (κ2) is 8.99. The van der Waals surface area contributed by atoms with Crippen LogP contribution in [-0.4, -0.2) is 46.6 Å². The number of benzene rings is 1. The molecule has 4 aromatic rings. The number of hydrogen-bond donors (Lipinski definition) is 1. The van der Waals surface area contributed by atoms with Gasteiger partial charge in [-0.05, 0) is 37.1 Å². The molecule has 2 atom stereocenters. The SMILES string of the molecule is COc1cccc2sc(C(=O)C3CCC(NCc4ccc5ncc(=O)sc5n4)CO3)nc12. The molecule has 1 N–H and O–H groups in total. The molecule has 5 rings (SSSR count). The van der Waals surface area contributed by atoms with E-state index >= 15 is 0 Å². The first-order valence-corrected chi connectivity index (χ1v) is 11.8. The second-order valence-electron chi connectivity index (χ2n) is 7.47. The number of thiazole rings is 1. The van der Waals surface area contributed by atoms with Gasteiger partial charge in [0.05, 0.1) is 35.8 Å². The van der Waals surface area contributed by atoms with Gasteiger partial charge in [0.1, 0.15) is 22.2 Å². The summed E-state index contributed by atoms with van der Waals surface area (Å²) in [5.74, 6) is 0.585. The summed E-state index contributed by atoms with van der Waals surface area (Å²) in [6.45, 7) is 0.989. The van der Waals surface area contributed by atoms with Crippen LogP contribution in [0, 0.1) is 0 Å². The number of pyridine rings is 1. The number of ketones is 1. The standard InChI is InChI=1S/C22H20N4O4S2/c1-29-15-3-2-4-17-19(15)26-22(31-17)20(28)16-8-6-13(11-30-16)23-9-12-5-7-14-21(25-12)32-18(27)10-24-14/h2-5,7,10,13,16,23H,6,8-9,11H2,1H3. The Morgan fingerprint density at radius 1 is 1.22 bits per heavy atom. The second-order valence-corrected chi connectivity index (χ2v) is 9.50. The number of fused-ring (bicyclic) bond motifs is 2. The lowest BCUT2D eigenvalue weighted by Gasteiger charge is -2.28. The minimum Gasteiger partial charge on any atom is -0.494 e. The molecule has 2 unspecified atom stereocenters. The highest BCUT2D eigenvalue weighted by Gasteiger charge is 2.30. The number of ether oxygens (including phenoxy) is 2. The van der Waals surface area contributed by atoms with Crippen molar-refractivity contribution in [2.45, 2.75) is 31.5 Å². The Morgan fingerprint density at radius 3 is 2.94 bits per heavy atom. The first kappa shape index (κ1) is 21.1. The maximum atomic E-state index is 12.9. The zero-order chi connectivity index (χ0) is 22.1. The molecular weight excluding hydrogens is 448 g/mol. The van der Waals surface area contributed by atoms with Gasteiger partial charge in [0, 0.05) is 12.6 Å². The number of methoxy groups -OCH3 is 1. The van der Waals surface area contributed by atoms with Crippen molar-refractivity contribution in [3.63, 3.8) is 0 Å². The van der Waals surface area contributed by atoms with E-state index in [-0.39, 0.29) is 16.6 Å². The highest BCUT2D eigenvalue weighted by atomic mass is 32.1. The largest absolute Gasteiger partial charge is 0.494 e. The van der Waals surface area contributed by atoms with Crippen LogP contribution in [0.4, 0.5) is 0 Å². The normalized spacial score (nSPS) is 18.8. The number of rotatable bonds is 6. The lowest BCUT2D eigenvalue weighted by Crippen LogP contribution is -2.42. The van der Waals surface area contributed by atoms with Gasteiger partial charge >= 0.3 is 0 Å². The summed E-state index contributed by atoms with van der Waals surface area (Å²) in [7, 11) is 1.60. The van der Waals surface area contributed by atoms with Crippen LogP contribution in [0.15, 0.2) is 41.3 Å². The van der Waals surface area contributed by atoms with Crippen molar-refractivity contribution in [1.82, 2.24) is 20.3 Å². The van der Waals surface area contributed by atoms with Gasteiger partial charge in [0.25, 0.3) is 4.74 Å². The predicted molar refractivity (Wildman–Crippen MR) is 124 cm³/mol. The van der Waals surface area contributed by atoms with E-state index in [9.17, 15) is 9.59 Å². The molecule has 0 amide bonds. The lowest BCUT2D eigenvalue weighted by molar-refractivity contribution is 0.00455. The first-order valence-electron chi connectivity index (χ1n) is 10.2. The van der Waals surface area contributed by atoms with Crippen LogP contribution < -0.4 is 14.8 Å². The van der Waals surface area contributed by atoms with Gasteiger partial charge in [-0.3, -0.25) is 9.59 Å². The van der Waals surface area contributed by atoms with E-state index in [1.165, 1.54) is 17.5 Å². The summed E-state index contributed by atoms with van der Waals surface area (Å²) in [5, 5.41) is 3.88. The van der Waals surface area contributed by atoms with Gasteiger partial charge in [-0.2, -0.15) is 0 Å². The van der Waals surface area contributed by atoms with Gasteiger partial charge in [-0.25, -0.2) is 15.0 Å². The van der Waals surface area contributed by atoms with Crippen molar-refractivity contribution in [1.29, 1.82) is 0 Å². The maximum absolute atomic E-state index is 12.9. The Balaban J connectivity index is 1.19. The first-order chi connectivity index (χ1) is 15.6. The molecule has 0 spiro atoms. The molecule has 164 valence electrons. The molecule has 32 heavy (non-hydrogen) atoms. The maximum Gasteiger partial charge on any atom is 0.252 e. The van der Waals surface area contributed by atoms with Crippen LogP contribution in [0.1, 0.15) is 28.3 Å². The molecule has 0 radical (unpaired) electrons. The summed E-state index contributed by atoms with van der Waals surface area (Å²) in [5.41, 5.74) is 2.26. The van der Waals surface area contributed by atoms with Crippen molar-refractivity contribution in [3.8, 4) is 5.75 Å². The Kier molecular flexibility index (Phi) is 5.92. The monoisotopic (exact) mass is 468 g/mol. The number of carbonyl (C=O) groups excluding carboxylic acids is 1. The van der Waals surface area contributed by atoms with E-state index in [1.54, 1.807) is 7.11 Å². The highest BCUT2D eigenvalue weighted by molar-refractivity contribution is 7.20. The van der Waals surface area contributed by atoms with Gasteiger partial charge in [0.2, 0.25) is 5.78 Å². The van der Waals surface area contributed by atoms with Crippen LogP contribution >= 0.6 is 22.7 Å². The van der Waals surface area contributed by atoms with Crippen molar-refractivity contribution >= 4 is 49.0 Å². The molecule has 1 aliphatic rings. The van der Waals surface area contributed by atoms with Crippen molar-refractivity contribution < 1.29 is 14.3 Å². The van der Waals surface area contributed by atoms with E-state index < -0.39 is 6.10 Å². The molecule has 10 heteroatoms. The molecule has 0 saturated carbocycles. The topological polar surface area (TPSA) is 103 Å². The van der Waals surface area contributed by atoms with E-state index in [0.29, 0.717) is 46.2 Å². The Labute approximate surface area is 191 Å². The lowest BCUT2D eigenvalue weighted by atomic mass is 10.0. The fraction of sp³-hybridized carbons (Fsp3) is 0.318. The zero-order valence-electron chi connectivity index (χ0n) is 17.2. The number of nitrogens with zero attached hydrogens (tertiary/aromatic N) is 3. The third kappa shape index (κ3) is 4.26. The van der Waals surface area contributed by atoms with Gasteiger partial charge < -0.3 is 14.8 Å². The number of hydrogen-bond acceptors (Lipinski definition) is 10. The molecule has 0 aliphatic carbocycles. The third-order valence-corrected chi connectivity index (χ3v) is 7.19. The van der Waals surface area contributed by atoms with Crippen LogP contribution in [-0.2, 0) is 11.3 Å². The zero-order valence-corrected chi connectivity index (χ0v) is 18.9. The Bertz CT molecular complexity index is 1340. The van der Waals surface area contributed by atoms with E-state index in [0.717, 1.165) is 28.2 Å². The van der Waals surface area contributed by atoms with Crippen LogP contribution in [0.25, 0.3) is 20.6 Å². The number of Topliss-reactive ketones (excluding diaryl/α,β-unsaturated/α-hetero) is 1. The quantitative estimate of drug-likeness (QED) is 0.431. The van der Waals surface area contributed by atoms with Crippen molar-refractivity contribution in [2.75, 3.05) is 13.7 Å². The van der Waals surface area contributed by atoms with Crippen LogP contribution in [0.3, 0.4) is 0 Å². The van der Waals surface area contributed by atoms with Gasteiger partial charge in [-0.15, -0.1) is 11.3 Å². The third-order valence-electron chi connectivity index (χ3n) is 5.36. The summed E-state index contributed by atoms with van der Waals surface area (Å²) in [6.07, 6.45) is 2.27. The van der Waals surface area contributed by atoms with Crippen LogP contribution in [0.2, 0.25) is 0 Å². The number of carbonyl (C=O) groups is 1. The molecular formula is C22H20N4O4S2. The van der Waals surface area contributed by atoms with Crippen molar-refractivity contribution in [3.05, 3.63) is 56.8 Å². The summed E-state index contributed by atoms with van der Waals surface area (Å²) >= 11 is 2.46. The van der Waals surface area contributed by atoms with E-state index in [1.807, 2.05) is 30.3 Å². The number of para-hydroxylation sites is 1. The summed E-state index contributed by atoms with van der Waals surface area (Å²) in [6, 6.07) is 9.56. The van der Waals surface area contributed by atoms with Gasteiger partial charge in [-0.1, -0.05) is 17.4 Å². The molecule has 1 fully saturated rings. The highest BCUT2D eigenvalue weighted by Crippen LogP contribution is 2.31. The smallest absolute Gasteiger partial charge is 0.252 e. The average Bonchev–Trinajstić information content (AvgIpc) is 3.27. The Hall–Kier alpha value is -2.79. The Morgan fingerprint density at radius 2 is 2.12 bits per heavy atom. The molecule has 1 aromatic carbocycles. The molecule has 1 aliphatic heterocycles. The minimum atomic E-state index is -0.484. The predicted octanol–water partition coefficient (Wildman–Crippen LogP) is 3.19. The minimum absolute atomic E-state index is 0.0784. The molecule has 1 saturated heterocycles. The summed E-state index contributed by atoms with van der Waals surface area (Å²) < 4.78 is 12.0. The van der Waals surface area contributed by atoms with Crippen LogP contribution in [0.5, 0.6) is 5.75 Å².